The lowest BCUT2D eigenvalue weighted by Crippen LogP contribution is -2.45. The Kier molecular flexibility index (Phi) is 4.90. The molecule has 0 aromatic carbocycles. The van der Waals surface area contributed by atoms with Crippen LogP contribution in [-0.4, -0.2) is 29.4 Å². The molecule has 0 bridgehead atoms. The molecule has 0 rings (SSSR count). The van der Waals surface area contributed by atoms with Gasteiger partial charge in [-0.1, -0.05) is 6.92 Å². The summed E-state index contributed by atoms with van der Waals surface area (Å²) in [5.74, 6) is 0.0480. The highest BCUT2D eigenvalue weighted by Gasteiger charge is 2.18. The van der Waals surface area contributed by atoms with Gasteiger partial charge in [-0.2, -0.15) is 0 Å². The van der Waals surface area contributed by atoms with Crippen LogP contribution >= 0.6 is 0 Å². The number of carbonyl (C=O) groups excluding carboxylic acids is 1. The van der Waals surface area contributed by atoms with Crippen molar-refractivity contribution in [3.63, 3.8) is 0 Å². The van der Waals surface area contributed by atoms with Crippen molar-refractivity contribution >= 4 is 5.91 Å². The predicted octanol–water partition coefficient (Wildman–Crippen LogP) is 0.981. The highest BCUT2D eigenvalue weighted by molar-refractivity contribution is 5.81. The van der Waals surface area contributed by atoms with Crippen LogP contribution in [0.4, 0.5) is 0 Å². The lowest BCUT2D eigenvalue weighted by molar-refractivity contribution is -0.133. The number of amides is 1. The van der Waals surface area contributed by atoms with Crippen LogP contribution in [0.3, 0.4) is 0 Å². The van der Waals surface area contributed by atoms with E-state index in [1.54, 1.807) is 6.92 Å². The Hall–Kier alpha value is -0.570. The van der Waals surface area contributed by atoms with Crippen LogP contribution in [0.5, 0.6) is 0 Å². The maximum atomic E-state index is 11.5. The van der Waals surface area contributed by atoms with Gasteiger partial charge in [0.05, 0.1) is 6.04 Å². The number of rotatable bonds is 4. The third-order valence-electron chi connectivity index (χ3n) is 1.76. The molecule has 0 saturated heterocycles. The molecule has 0 spiro atoms. The van der Waals surface area contributed by atoms with Crippen molar-refractivity contribution in [3.8, 4) is 0 Å². The molecule has 0 saturated carbocycles. The molecule has 0 aromatic rings. The molecule has 0 aromatic heterocycles. The maximum absolute atomic E-state index is 11.5. The number of hydrogen-bond donors (Lipinski definition) is 1. The number of nitrogens with zero attached hydrogens (tertiary/aromatic N) is 1. The molecule has 0 heterocycles. The van der Waals surface area contributed by atoms with E-state index in [9.17, 15) is 4.79 Å². The standard InChI is InChI=1S/C9H20N2O/c1-5-6-11(7(2)3)9(12)8(4)10/h7-8H,5-6,10H2,1-4H3. The van der Waals surface area contributed by atoms with Crippen molar-refractivity contribution in [3.05, 3.63) is 0 Å². The van der Waals surface area contributed by atoms with Crippen molar-refractivity contribution < 1.29 is 4.79 Å². The van der Waals surface area contributed by atoms with Gasteiger partial charge in [-0.05, 0) is 27.2 Å². The predicted molar refractivity (Wildman–Crippen MR) is 50.8 cm³/mol. The monoisotopic (exact) mass is 172 g/mol. The van der Waals surface area contributed by atoms with Gasteiger partial charge in [0, 0.05) is 12.6 Å². The minimum atomic E-state index is -0.376. The second kappa shape index (κ2) is 5.14. The first-order valence-corrected chi connectivity index (χ1v) is 4.56. The fourth-order valence-electron chi connectivity index (χ4n) is 1.13. The Labute approximate surface area is 74.9 Å². The molecule has 1 atom stereocenters. The summed E-state index contributed by atoms with van der Waals surface area (Å²) in [6.45, 7) is 8.61. The molecule has 1 amide bonds. The smallest absolute Gasteiger partial charge is 0.239 e. The number of carbonyl (C=O) groups is 1. The Balaban J connectivity index is 4.19. The summed E-state index contributed by atoms with van der Waals surface area (Å²) >= 11 is 0. The van der Waals surface area contributed by atoms with Crippen LogP contribution in [0.15, 0.2) is 0 Å². The molecule has 72 valence electrons. The van der Waals surface area contributed by atoms with Crippen LogP contribution in [0, 0.1) is 0 Å². The molecule has 0 radical (unpaired) electrons. The Bertz CT molecular complexity index is 143. The average molecular weight is 172 g/mol. The van der Waals surface area contributed by atoms with Crippen LogP contribution < -0.4 is 5.73 Å². The van der Waals surface area contributed by atoms with Crippen molar-refractivity contribution in [2.45, 2.75) is 46.2 Å². The van der Waals surface area contributed by atoms with E-state index < -0.39 is 0 Å². The zero-order valence-electron chi connectivity index (χ0n) is 8.50. The molecule has 0 aliphatic carbocycles. The van der Waals surface area contributed by atoms with Crippen molar-refractivity contribution in [1.82, 2.24) is 4.90 Å². The van der Waals surface area contributed by atoms with E-state index in [-0.39, 0.29) is 18.0 Å². The molecule has 12 heavy (non-hydrogen) atoms. The SMILES string of the molecule is CCCN(C(=O)C(C)N)C(C)C. The first-order chi connectivity index (χ1) is 5.50. The van der Waals surface area contributed by atoms with Gasteiger partial charge < -0.3 is 10.6 Å². The summed E-state index contributed by atoms with van der Waals surface area (Å²) in [6, 6.07) is -0.123. The van der Waals surface area contributed by atoms with Gasteiger partial charge >= 0.3 is 0 Å². The van der Waals surface area contributed by atoms with Gasteiger partial charge in [0.1, 0.15) is 0 Å². The maximum Gasteiger partial charge on any atom is 0.239 e. The summed E-state index contributed by atoms with van der Waals surface area (Å²) in [7, 11) is 0. The van der Waals surface area contributed by atoms with Crippen molar-refractivity contribution in [2.75, 3.05) is 6.54 Å². The van der Waals surface area contributed by atoms with Gasteiger partial charge in [-0.25, -0.2) is 0 Å². The molecular weight excluding hydrogens is 152 g/mol. The molecule has 0 aliphatic heterocycles. The van der Waals surface area contributed by atoms with Crippen molar-refractivity contribution in [2.24, 2.45) is 5.73 Å². The third-order valence-corrected chi connectivity index (χ3v) is 1.76. The van der Waals surface area contributed by atoms with E-state index in [1.165, 1.54) is 0 Å². The molecule has 3 nitrogen and oxygen atoms in total. The zero-order chi connectivity index (χ0) is 9.72. The lowest BCUT2D eigenvalue weighted by atomic mass is 10.2. The fourth-order valence-corrected chi connectivity index (χ4v) is 1.13. The highest BCUT2D eigenvalue weighted by Crippen LogP contribution is 2.01. The van der Waals surface area contributed by atoms with Crippen LogP contribution in [0.25, 0.3) is 0 Å². The average Bonchev–Trinajstić information content (AvgIpc) is 1.98. The fraction of sp³-hybridized carbons (Fsp3) is 0.889. The summed E-state index contributed by atoms with van der Waals surface area (Å²) in [6.07, 6.45) is 0.983. The Morgan fingerprint density at radius 1 is 1.42 bits per heavy atom. The minimum Gasteiger partial charge on any atom is -0.339 e. The highest BCUT2D eigenvalue weighted by atomic mass is 16.2. The minimum absolute atomic E-state index is 0.0480. The number of nitrogens with two attached hydrogens (primary N) is 1. The lowest BCUT2D eigenvalue weighted by Gasteiger charge is -2.27. The van der Waals surface area contributed by atoms with Crippen molar-refractivity contribution in [1.29, 1.82) is 0 Å². The topological polar surface area (TPSA) is 46.3 Å². The van der Waals surface area contributed by atoms with Gasteiger partial charge in [0.2, 0.25) is 5.91 Å². The second-order valence-corrected chi connectivity index (χ2v) is 3.41. The summed E-state index contributed by atoms with van der Waals surface area (Å²) < 4.78 is 0. The van der Waals surface area contributed by atoms with E-state index in [0.717, 1.165) is 13.0 Å². The molecular formula is C9H20N2O. The zero-order valence-corrected chi connectivity index (χ0v) is 8.50. The van der Waals surface area contributed by atoms with E-state index in [4.69, 9.17) is 5.73 Å². The summed E-state index contributed by atoms with van der Waals surface area (Å²) in [5.41, 5.74) is 5.51. The van der Waals surface area contributed by atoms with E-state index in [1.807, 2.05) is 18.7 Å². The molecule has 0 fully saturated rings. The van der Waals surface area contributed by atoms with E-state index >= 15 is 0 Å². The number of hydrogen-bond acceptors (Lipinski definition) is 2. The molecule has 3 heteroatoms. The van der Waals surface area contributed by atoms with Crippen LogP contribution in [0.2, 0.25) is 0 Å². The van der Waals surface area contributed by atoms with Gasteiger partial charge in [0.25, 0.3) is 0 Å². The van der Waals surface area contributed by atoms with Crippen LogP contribution in [-0.2, 0) is 4.79 Å². The molecule has 1 unspecified atom stereocenters. The first kappa shape index (κ1) is 11.4. The second-order valence-electron chi connectivity index (χ2n) is 3.41. The molecule has 0 aliphatic rings. The third kappa shape index (κ3) is 3.22. The summed E-state index contributed by atoms with van der Waals surface area (Å²) in [5, 5.41) is 0. The largest absolute Gasteiger partial charge is 0.339 e. The first-order valence-electron chi connectivity index (χ1n) is 4.56. The Morgan fingerprint density at radius 2 is 1.92 bits per heavy atom. The Morgan fingerprint density at radius 3 is 2.17 bits per heavy atom. The van der Waals surface area contributed by atoms with Gasteiger partial charge in [-0.3, -0.25) is 4.79 Å². The van der Waals surface area contributed by atoms with Gasteiger partial charge in [-0.15, -0.1) is 0 Å². The quantitative estimate of drug-likeness (QED) is 0.687. The van der Waals surface area contributed by atoms with Crippen LogP contribution in [0.1, 0.15) is 34.1 Å². The van der Waals surface area contributed by atoms with E-state index in [2.05, 4.69) is 6.92 Å². The van der Waals surface area contributed by atoms with Gasteiger partial charge in [0.15, 0.2) is 0 Å². The molecule has 2 N–H and O–H groups in total. The normalized spacial score (nSPS) is 13.2. The van der Waals surface area contributed by atoms with E-state index in [0.29, 0.717) is 0 Å². The summed E-state index contributed by atoms with van der Waals surface area (Å²) in [4.78, 5) is 13.3.